The molecule has 144 heavy (non-hydrogen) atoms. The van der Waals surface area contributed by atoms with Crippen molar-refractivity contribution in [2.45, 2.75) is 280 Å². The van der Waals surface area contributed by atoms with Gasteiger partial charge in [0.15, 0.2) is 40.5 Å². The number of imidazole rings is 1. The van der Waals surface area contributed by atoms with Crippen LogP contribution in [0.15, 0.2) is 97.5 Å². The molecule has 4 fully saturated rings. The van der Waals surface area contributed by atoms with Crippen LogP contribution in [0.1, 0.15) is 211 Å². The van der Waals surface area contributed by atoms with E-state index in [1.807, 2.05) is 60.3 Å². The molecule has 4 aliphatic rings. The van der Waals surface area contributed by atoms with Crippen molar-refractivity contribution in [1.82, 2.24) is 62.3 Å². The number of carbonyl (C=O) groups excluding carboxylic acids is 17. The van der Waals surface area contributed by atoms with Gasteiger partial charge in [-0.1, -0.05) is 92.6 Å². The predicted octanol–water partition coefficient (Wildman–Crippen LogP) is 5.99. The molecule has 40 heteroatoms. The van der Waals surface area contributed by atoms with Crippen LogP contribution in [0.3, 0.4) is 0 Å². The largest absolute Gasteiger partial charge is 0.508 e. The molecule has 0 saturated carbocycles. The molecule has 38 nitrogen and oxygen atoms in total. The van der Waals surface area contributed by atoms with Gasteiger partial charge in [0.2, 0.25) is 41.4 Å². The fourth-order valence-corrected chi connectivity index (χ4v) is 20.1. The van der Waals surface area contributed by atoms with Crippen molar-refractivity contribution in [3.8, 4) is 5.75 Å². The number of likely N-dealkylation sites (N-methyl/N-ethyl adjacent to an activating group) is 1. The Morgan fingerprint density at radius 2 is 1.15 bits per heavy atom. The number of likely N-dealkylation sites (tertiary alicyclic amines) is 2. The summed E-state index contributed by atoms with van der Waals surface area (Å²) in [7, 11) is 1.89. The number of nitrogens with zero attached hydrogens (tertiary/aromatic N) is 3. The van der Waals surface area contributed by atoms with Crippen molar-refractivity contribution in [2.24, 2.45) is 35.3 Å². The molecule has 0 unspecified atom stereocenters. The third kappa shape index (κ3) is 44.6. The van der Waals surface area contributed by atoms with Crippen molar-refractivity contribution in [3.05, 3.63) is 120 Å². The molecule has 15 N–H and O–H groups in total. The summed E-state index contributed by atoms with van der Waals surface area (Å²) < 4.78 is 21.9. The lowest BCUT2D eigenvalue weighted by molar-refractivity contribution is -0.143. The van der Waals surface area contributed by atoms with Gasteiger partial charge in [-0.05, 0) is 172 Å². The summed E-state index contributed by atoms with van der Waals surface area (Å²) in [6, 6.07) is 19.2. The number of hydrogen-bond acceptors (Lipinski definition) is 29. The number of hydrogen-bond donors (Lipinski definition) is 14. The van der Waals surface area contributed by atoms with Crippen molar-refractivity contribution < 1.29 is 116 Å². The SMILES string of the molecule is CN1CCC[C@H]1C(=O)N[C@@H](Cc1cnc[nH]1)C(=O)C[C@@H](Cc1ccc(O)cc1)C(=O)CCCNC(=O)COCCOCCCC(=O)COCCOCCCC(=O)CCCC[C@@H]1SC[C@@H]2NC(=O)N[C@@H]21.CSCC[C@H](CC(=O)[C@@H](NC(C)=O)[C@@H](C)O)C(=O)NCC(=O)C[C@@H](Cc1ccccc1)C(=O)N[C@H](C(=O)C[C@@H](C)C(=O)N1CCC[C@H]1C(=O)C[C@@H](CCCCC(=N)N)C(=O)N[C@@H](Cc1ccccc1)C(C)=O)[C@@H](C)O. The van der Waals surface area contributed by atoms with Crippen LogP contribution in [0, 0.1) is 35.0 Å². The van der Waals surface area contributed by atoms with Gasteiger partial charge in [0.1, 0.15) is 42.6 Å². The standard InChI is InChI=1S/C55H79N7O12S.C49H73N7O12S/c1-33(55(74)62-24-15-21-45(62)46(68)30-40(20-13-14-22-49(56)57)53(72)60-44(34(2)63)28-39-18-11-8-12-19-39)26-47(69)51(36(4)65)61-54(73)42(27-38-16-9-7-10-17-38)29-43(67)32-58-52(71)41(23-25-75-6)31-48(70)50(35(3)64)59-37(5)66;1-56-19-5-11-42(56)48(63)53-40(28-36-29-50-33-52-36)44(61)27-35(26-34-14-16-38(58)17-15-34)43(60)12-4-18-51-46(62)31-68-25-23-66-21-7-10-39(59)30-67-24-22-65-20-6-9-37(57)8-2-3-13-45-47-41(32-69-45)54-49(64)55-47/h7-12,16-19,33,35-36,40-42,44-45,50-51,64-65H,13-15,20-32H2,1-6H3,(H3,56,57)(H,58,71)(H,59,66)(H,60,72)(H,61,73);14-17,29,33,35,40-42,45,47,58H,2-13,18-28,30-32H2,1H3,(H,50,52)(H,51,62)(H,53,63)(H2,54,55,64)/t33-,35-,36-,40-,41-,42-,44+,45+,50+,51+;35-,40+,41+,42+,45+,47+/m11/s1. The van der Waals surface area contributed by atoms with E-state index in [4.69, 9.17) is 30.1 Å². The fourth-order valence-electron chi connectivity index (χ4n) is 18.0. The van der Waals surface area contributed by atoms with Crippen LogP contribution in [0.4, 0.5) is 4.79 Å². The van der Waals surface area contributed by atoms with E-state index in [2.05, 4.69) is 52.5 Å². The number of aromatic amines is 1. The first-order valence-electron chi connectivity index (χ1n) is 50.4. The van der Waals surface area contributed by atoms with E-state index in [0.29, 0.717) is 119 Å². The summed E-state index contributed by atoms with van der Waals surface area (Å²) in [5, 5.41) is 60.9. The molecule has 9 amide bonds. The highest BCUT2D eigenvalue weighted by Crippen LogP contribution is 2.34. The smallest absolute Gasteiger partial charge is 0.315 e. The van der Waals surface area contributed by atoms with Crippen molar-refractivity contribution in [2.75, 3.05) is 104 Å². The first kappa shape index (κ1) is 120. The number of amides is 9. The molecule has 4 aromatic rings. The number of fused-ring (bicyclic) bond motifs is 1. The number of phenolic OH excluding ortho intramolecular Hbond substituents is 1. The summed E-state index contributed by atoms with van der Waals surface area (Å²) in [5.74, 6) is -8.93. The maximum Gasteiger partial charge on any atom is 0.315 e. The molecule has 5 heterocycles. The molecule has 4 saturated heterocycles. The highest BCUT2D eigenvalue weighted by molar-refractivity contribution is 8.00. The van der Waals surface area contributed by atoms with E-state index in [1.54, 1.807) is 48.7 Å². The maximum absolute atomic E-state index is 14.1. The van der Waals surface area contributed by atoms with Gasteiger partial charge >= 0.3 is 6.03 Å². The number of aliphatic hydroxyl groups is 2. The molecule has 794 valence electrons. The molecule has 0 aliphatic carbocycles. The molecule has 1 aromatic heterocycles. The summed E-state index contributed by atoms with van der Waals surface area (Å²) in [5.41, 5.74) is 8.55. The second-order valence-corrected chi connectivity index (χ2v) is 40.3. The number of aliphatic hydroxyl groups excluding tert-OH is 2. The third-order valence-electron chi connectivity index (χ3n) is 26.0. The number of aromatic nitrogens is 2. The zero-order valence-electron chi connectivity index (χ0n) is 84.3. The molecule has 16 atom stereocenters. The van der Waals surface area contributed by atoms with Crippen molar-refractivity contribution in [3.63, 3.8) is 0 Å². The number of ketones is 9. The molecule has 8 rings (SSSR count). The number of benzene rings is 3. The minimum Gasteiger partial charge on any atom is -0.508 e. The number of nitrogens with two attached hydrogens (primary N) is 1. The van der Waals surface area contributed by atoms with E-state index in [9.17, 15) is 96.8 Å². The third-order valence-corrected chi connectivity index (χ3v) is 28.2. The van der Waals surface area contributed by atoms with Crippen LogP contribution in [-0.4, -0.2) is 310 Å². The Hall–Kier alpha value is -10.9. The van der Waals surface area contributed by atoms with Crippen LogP contribution >= 0.6 is 23.5 Å². The summed E-state index contributed by atoms with van der Waals surface area (Å²) >= 11 is 3.33. The Labute approximate surface area is 852 Å². The molecule has 0 spiro atoms. The molecule has 0 bridgehead atoms. The fraction of sp³-hybridized carbons (Fsp3) is 0.625. The van der Waals surface area contributed by atoms with Gasteiger partial charge in [-0.2, -0.15) is 23.5 Å². The molecular formula is C104H152N14O24S2. The number of urea groups is 1. The first-order valence-corrected chi connectivity index (χ1v) is 52.8. The summed E-state index contributed by atoms with van der Waals surface area (Å²) in [4.78, 5) is 234. The van der Waals surface area contributed by atoms with E-state index in [1.165, 1.54) is 69.7 Å². The van der Waals surface area contributed by atoms with Crippen molar-refractivity contribution in [1.29, 1.82) is 5.41 Å². The van der Waals surface area contributed by atoms with E-state index >= 15 is 0 Å². The van der Waals surface area contributed by atoms with Crippen LogP contribution in [-0.2, 0) is 121 Å². The summed E-state index contributed by atoms with van der Waals surface area (Å²) in [6.45, 7) is 9.21. The second-order valence-electron chi connectivity index (χ2n) is 38.0. The van der Waals surface area contributed by atoms with Gasteiger partial charge in [-0.25, -0.2) is 9.78 Å². The monoisotopic (exact) mass is 2050 g/mol. The van der Waals surface area contributed by atoms with Crippen LogP contribution in [0.2, 0.25) is 0 Å². The van der Waals surface area contributed by atoms with E-state index < -0.39 is 132 Å². The maximum atomic E-state index is 14.1. The Bertz CT molecular complexity index is 4790. The van der Waals surface area contributed by atoms with Crippen LogP contribution < -0.4 is 48.3 Å². The molecule has 3 aromatic carbocycles. The molecule has 4 aliphatic heterocycles. The topological polar surface area (TPSA) is 569 Å². The van der Waals surface area contributed by atoms with Gasteiger partial charge in [-0.3, -0.25) is 87.0 Å². The second kappa shape index (κ2) is 65.6. The van der Waals surface area contributed by atoms with Crippen LogP contribution in [0.5, 0.6) is 5.75 Å². The number of ether oxygens (including phenoxy) is 4. The quantitative estimate of drug-likeness (QED) is 0.0104. The number of carbonyl (C=O) groups is 17. The Morgan fingerprint density at radius 1 is 0.562 bits per heavy atom. The minimum atomic E-state index is -1.49. The zero-order chi connectivity index (χ0) is 105. The number of amidine groups is 1. The molecular weight excluding hydrogens is 1890 g/mol. The Morgan fingerprint density at radius 3 is 1.78 bits per heavy atom. The van der Waals surface area contributed by atoms with E-state index in [-0.39, 0.29) is 199 Å². The Kier molecular flexibility index (Phi) is 54.7. The van der Waals surface area contributed by atoms with Gasteiger partial charge in [0.25, 0.3) is 0 Å². The van der Waals surface area contributed by atoms with Gasteiger partial charge in [-0.15, -0.1) is 0 Å². The van der Waals surface area contributed by atoms with Crippen LogP contribution in [0.25, 0.3) is 0 Å². The Balaban J connectivity index is 0.000000392. The van der Waals surface area contributed by atoms with Crippen molar-refractivity contribution >= 4 is 129 Å². The minimum absolute atomic E-state index is 0.00378. The number of nitrogens with one attached hydrogen (secondary N) is 10. The number of rotatable bonds is 72. The highest BCUT2D eigenvalue weighted by atomic mass is 32.2. The van der Waals surface area contributed by atoms with Gasteiger partial charge in [0.05, 0.1) is 93.6 Å². The number of unbranched alkanes of at least 4 members (excludes halogenated alkanes) is 2. The number of H-pyrrole nitrogens is 1. The summed E-state index contributed by atoms with van der Waals surface area (Å²) in [6.07, 6.45) is 11.7. The first-order chi connectivity index (χ1) is 69.0. The average Bonchev–Trinajstić information content (AvgIpc) is 1.66. The number of Topliss-reactive ketones (excluding diaryl/α,β-unsaturated/α-hetero) is 9. The van der Waals surface area contributed by atoms with Gasteiger partial charge in [0, 0.05) is 156 Å². The van der Waals surface area contributed by atoms with Gasteiger partial charge < -0.3 is 92.4 Å². The van der Waals surface area contributed by atoms with E-state index in [0.717, 1.165) is 49.1 Å². The number of aromatic hydroxyl groups is 1. The number of phenols is 1. The normalized spacial score (nSPS) is 18.2. The molecule has 0 radical (unpaired) electrons. The lowest BCUT2D eigenvalue weighted by atomic mass is 9.86. The zero-order valence-corrected chi connectivity index (χ0v) is 86.0. The number of thioether (sulfide) groups is 2. The average molecular weight is 2050 g/mol. The highest BCUT2D eigenvalue weighted by Gasteiger charge is 2.44. The lowest BCUT2D eigenvalue weighted by Gasteiger charge is -2.29. The predicted molar refractivity (Wildman–Crippen MR) is 543 cm³/mol. The lowest BCUT2D eigenvalue weighted by Crippen LogP contribution is -2.51.